The minimum Gasteiger partial charge on any atom is -0.469 e. The molecule has 0 aromatic heterocycles. The van der Waals surface area contributed by atoms with Gasteiger partial charge in [-0.25, -0.2) is 0 Å². The van der Waals surface area contributed by atoms with Crippen molar-refractivity contribution in [1.29, 1.82) is 0 Å². The summed E-state index contributed by atoms with van der Waals surface area (Å²) in [6.07, 6.45) is 2.32. The first-order valence-corrected chi connectivity index (χ1v) is 5.39. The summed E-state index contributed by atoms with van der Waals surface area (Å²) in [5.41, 5.74) is 2.03. The van der Waals surface area contributed by atoms with Crippen molar-refractivity contribution in [2.24, 2.45) is 0 Å². The standard InChI is InChI=1S/C12H15ClO2/c1-3-4-10-6-5-9(7-11(10)13)8-12(14)15-2/h5-7H,3-4,8H2,1-2H3. The SMILES string of the molecule is CCCc1ccc(CC(=O)OC)cc1Cl. The molecule has 0 aliphatic rings. The normalized spacial score (nSPS) is 10.1. The number of benzene rings is 1. The summed E-state index contributed by atoms with van der Waals surface area (Å²) in [5.74, 6) is -0.241. The third-order valence-electron chi connectivity index (χ3n) is 2.21. The number of carbonyl (C=O) groups excluding carboxylic acids is 1. The summed E-state index contributed by atoms with van der Waals surface area (Å²) in [5, 5.41) is 0.734. The van der Waals surface area contributed by atoms with E-state index in [0.717, 1.165) is 29.0 Å². The van der Waals surface area contributed by atoms with Crippen LogP contribution >= 0.6 is 11.6 Å². The Hall–Kier alpha value is -1.02. The second-order valence-corrected chi connectivity index (χ2v) is 3.84. The van der Waals surface area contributed by atoms with Gasteiger partial charge in [0, 0.05) is 5.02 Å². The highest BCUT2D eigenvalue weighted by Gasteiger charge is 2.05. The first-order valence-electron chi connectivity index (χ1n) is 5.01. The van der Waals surface area contributed by atoms with Crippen LogP contribution in [0.25, 0.3) is 0 Å². The molecule has 0 atom stereocenters. The maximum atomic E-state index is 11.0. The predicted molar refractivity (Wildman–Crippen MR) is 61.2 cm³/mol. The average molecular weight is 227 g/mol. The highest BCUT2D eigenvalue weighted by Crippen LogP contribution is 2.19. The summed E-state index contributed by atoms with van der Waals surface area (Å²) < 4.78 is 4.59. The van der Waals surface area contributed by atoms with Crippen LogP contribution in [0.3, 0.4) is 0 Å². The monoisotopic (exact) mass is 226 g/mol. The van der Waals surface area contributed by atoms with Gasteiger partial charge < -0.3 is 4.74 Å². The molecule has 1 aromatic carbocycles. The second kappa shape index (κ2) is 5.76. The van der Waals surface area contributed by atoms with Gasteiger partial charge in [-0.15, -0.1) is 0 Å². The maximum Gasteiger partial charge on any atom is 0.309 e. The average Bonchev–Trinajstić information content (AvgIpc) is 2.22. The summed E-state index contributed by atoms with van der Waals surface area (Å²) in [4.78, 5) is 11.0. The Morgan fingerprint density at radius 2 is 2.20 bits per heavy atom. The molecule has 0 amide bonds. The first-order chi connectivity index (χ1) is 7.17. The quantitative estimate of drug-likeness (QED) is 0.738. The van der Waals surface area contributed by atoms with Crippen molar-refractivity contribution >= 4 is 17.6 Å². The van der Waals surface area contributed by atoms with Gasteiger partial charge >= 0.3 is 5.97 Å². The summed E-state index contributed by atoms with van der Waals surface area (Å²) in [7, 11) is 1.38. The molecule has 2 nitrogen and oxygen atoms in total. The van der Waals surface area contributed by atoms with Crippen molar-refractivity contribution in [3.05, 3.63) is 34.3 Å². The van der Waals surface area contributed by atoms with Gasteiger partial charge in [-0.1, -0.05) is 37.1 Å². The van der Waals surface area contributed by atoms with E-state index in [0.29, 0.717) is 0 Å². The van der Waals surface area contributed by atoms with E-state index in [1.54, 1.807) is 0 Å². The van der Waals surface area contributed by atoms with Crippen LogP contribution < -0.4 is 0 Å². The Balaban J connectivity index is 2.77. The smallest absolute Gasteiger partial charge is 0.309 e. The second-order valence-electron chi connectivity index (χ2n) is 3.43. The number of halogens is 1. The lowest BCUT2D eigenvalue weighted by molar-refractivity contribution is -0.139. The van der Waals surface area contributed by atoms with Crippen LogP contribution in [0.5, 0.6) is 0 Å². The van der Waals surface area contributed by atoms with E-state index in [-0.39, 0.29) is 12.4 Å². The topological polar surface area (TPSA) is 26.3 Å². The molecule has 0 aliphatic carbocycles. The van der Waals surface area contributed by atoms with E-state index in [4.69, 9.17) is 11.6 Å². The molecule has 1 aromatic rings. The third kappa shape index (κ3) is 3.56. The van der Waals surface area contributed by atoms with Gasteiger partial charge in [0.2, 0.25) is 0 Å². The predicted octanol–water partition coefficient (Wildman–Crippen LogP) is 3.01. The lowest BCUT2D eigenvalue weighted by Crippen LogP contribution is -2.04. The number of hydrogen-bond donors (Lipinski definition) is 0. The van der Waals surface area contributed by atoms with Crippen LogP contribution in [0, 0.1) is 0 Å². The minimum absolute atomic E-state index is 0.241. The number of esters is 1. The fourth-order valence-electron chi connectivity index (χ4n) is 1.41. The minimum atomic E-state index is -0.241. The maximum absolute atomic E-state index is 11.0. The lowest BCUT2D eigenvalue weighted by Gasteiger charge is -2.05. The van der Waals surface area contributed by atoms with Crippen LogP contribution in [0.1, 0.15) is 24.5 Å². The van der Waals surface area contributed by atoms with E-state index in [9.17, 15) is 4.79 Å². The molecule has 0 N–H and O–H groups in total. The van der Waals surface area contributed by atoms with Crippen molar-refractivity contribution in [3.8, 4) is 0 Å². The van der Waals surface area contributed by atoms with E-state index in [2.05, 4.69) is 11.7 Å². The van der Waals surface area contributed by atoms with E-state index in [1.165, 1.54) is 7.11 Å². The van der Waals surface area contributed by atoms with Crippen LogP contribution in [0.2, 0.25) is 5.02 Å². The molecular formula is C12H15ClO2. The molecule has 82 valence electrons. The fourth-order valence-corrected chi connectivity index (χ4v) is 1.71. The Kier molecular flexibility index (Phi) is 4.63. The Bertz CT molecular complexity index is 347. The molecule has 1 rings (SSSR count). The van der Waals surface area contributed by atoms with Crippen LogP contribution in [-0.4, -0.2) is 13.1 Å². The highest BCUT2D eigenvalue weighted by atomic mass is 35.5. The van der Waals surface area contributed by atoms with Gasteiger partial charge in [0.25, 0.3) is 0 Å². The van der Waals surface area contributed by atoms with Crippen molar-refractivity contribution < 1.29 is 9.53 Å². The molecule has 0 heterocycles. The summed E-state index contributed by atoms with van der Waals surface area (Å²) in [6.45, 7) is 2.11. The first kappa shape index (κ1) is 12.1. The van der Waals surface area contributed by atoms with Gasteiger partial charge in [0.05, 0.1) is 13.5 Å². The van der Waals surface area contributed by atoms with Crippen molar-refractivity contribution in [2.45, 2.75) is 26.2 Å². The Labute approximate surface area is 95.2 Å². The molecule has 15 heavy (non-hydrogen) atoms. The number of hydrogen-bond acceptors (Lipinski definition) is 2. The zero-order chi connectivity index (χ0) is 11.3. The highest BCUT2D eigenvalue weighted by molar-refractivity contribution is 6.31. The van der Waals surface area contributed by atoms with Gasteiger partial charge in [0.15, 0.2) is 0 Å². The van der Waals surface area contributed by atoms with E-state index in [1.807, 2.05) is 18.2 Å². The van der Waals surface area contributed by atoms with Crippen molar-refractivity contribution in [3.63, 3.8) is 0 Å². The van der Waals surface area contributed by atoms with E-state index >= 15 is 0 Å². The molecule has 0 spiro atoms. The molecule has 0 fully saturated rings. The Morgan fingerprint density at radius 3 is 2.73 bits per heavy atom. The van der Waals surface area contributed by atoms with Crippen LogP contribution in [0.15, 0.2) is 18.2 Å². The zero-order valence-corrected chi connectivity index (χ0v) is 9.80. The molecule has 0 saturated heterocycles. The van der Waals surface area contributed by atoms with Crippen molar-refractivity contribution in [2.75, 3.05) is 7.11 Å². The van der Waals surface area contributed by atoms with Crippen molar-refractivity contribution in [1.82, 2.24) is 0 Å². The van der Waals surface area contributed by atoms with Crippen LogP contribution in [0.4, 0.5) is 0 Å². The van der Waals surface area contributed by atoms with E-state index < -0.39 is 0 Å². The fraction of sp³-hybridized carbons (Fsp3) is 0.417. The number of rotatable bonds is 4. The molecule has 0 bridgehead atoms. The van der Waals surface area contributed by atoms with Gasteiger partial charge in [-0.05, 0) is 23.6 Å². The molecule has 0 unspecified atom stereocenters. The molecule has 3 heteroatoms. The number of methoxy groups -OCH3 is 1. The zero-order valence-electron chi connectivity index (χ0n) is 9.05. The molecule has 0 aliphatic heterocycles. The molecule has 0 radical (unpaired) electrons. The largest absolute Gasteiger partial charge is 0.469 e. The van der Waals surface area contributed by atoms with Gasteiger partial charge in [-0.2, -0.15) is 0 Å². The summed E-state index contributed by atoms with van der Waals surface area (Å²) in [6, 6.07) is 5.74. The number of aryl methyl sites for hydroxylation is 1. The summed E-state index contributed by atoms with van der Waals surface area (Å²) >= 11 is 6.08. The third-order valence-corrected chi connectivity index (χ3v) is 2.56. The van der Waals surface area contributed by atoms with Crippen LogP contribution in [-0.2, 0) is 22.4 Å². The number of carbonyl (C=O) groups is 1. The van der Waals surface area contributed by atoms with Gasteiger partial charge in [0.1, 0.15) is 0 Å². The van der Waals surface area contributed by atoms with Gasteiger partial charge in [-0.3, -0.25) is 4.79 Å². The Morgan fingerprint density at radius 1 is 1.47 bits per heavy atom. The molecular weight excluding hydrogens is 212 g/mol. The lowest BCUT2D eigenvalue weighted by atomic mass is 10.1. The molecule has 0 saturated carbocycles. The number of ether oxygens (including phenoxy) is 1.